The first-order valence-corrected chi connectivity index (χ1v) is 4.40. The smallest absolute Gasteiger partial charge is 0.337 e. The molecule has 3 nitrogen and oxygen atoms in total. The molecule has 1 atom stereocenters. The highest BCUT2D eigenvalue weighted by atomic mass is 16.5. The van der Waals surface area contributed by atoms with Crippen LogP contribution in [0.2, 0.25) is 0 Å². The molecule has 1 aliphatic carbocycles. The van der Waals surface area contributed by atoms with Crippen LogP contribution in [0.5, 0.6) is 0 Å². The summed E-state index contributed by atoms with van der Waals surface area (Å²) in [6, 6.07) is 0. The minimum Gasteiger partial charge on any atom is -0.467 e. The van der Waals surface area contributed by atoms with Crippen molar-refractivity contribution in [1.29, 1.82) is 0 Å². The van der Waals surface area contributed by atoms with E-state index in [9.17, 15) is 9.90 Å². The maximum atomic E-state index is 11.1. The lowest BCUT2D eigenvalue weighted by atomic mass is 9.88. The third kappa shape index (κ3) is 1.61. The molecule has 1 aliphatic rings. The number of rotatable bonds is 2. The van der Waals surface area contributed by atoms with Crippen LogP contribution in [0.15, 0.2) is 0 Å². The zero-order valence-corrected chi connectivity index (χ0v) is 7.67. The summed E-state index contributed by atoms with van der Waals surface area (Å²) < 4.78 is 4.54. The quantitative estimate of drug-likeness (QED) is 0.634. The number of carbonyl (C=O) groups excluding carboxylic acids is 1. The topological polar surface area (TPSA) is 46.5 Å². The van der Waals surface area contributed by atoms with Crippen LogP contribution >= 0.6 is 0 Å². The van der Waals surface area contributed by atoms with Gasteiger partial charge in [0, 0.05) is 0 Å². The molecule has 0 aromatic carbocycles. The fraction of sp³-hybridized carbons (Fsp3) is 0.889. The van der Waals surface area contributed by atoms with Crippen molar-refractivity contribution in [3.8, 4) is 0 Å². The molecule has 0 bridgehead atoms. The molecular formula is C9H16O3. The molecule has 0 heterocycles. The maximum Gasteiger partial charge on any atom is 0.337 e. The molecule has 70 valence electrons. The van der Waals surface area contributed by atoms with Crippen molar-refractivity contribution in [2.75, 3.05) is 7.11 Å². The minimum atomic E-state index is -1.27. The van der Waals surface area contributed by atoms with Crippen LogP contribution in [-0.4, -0.2) is 23.8 Å². The van der Waals surface area contributed by atoms with Gasteiger partial charge in [-0.1, -0.05) is 12.8 Å². The van der Waals surface area contributed by atoms with Crippen molar-refractivity contribution in [1.82, 2.24) is 0 Å². The number of carbonyl (C=O) groups is 1. The maximum absolute atomic E-state index is 11.1. The summed E-state index contributed by atoms with van der Waals surface area (Å²) in [5.74, 6) is -0.417. The summed E-state index contributed by atoms with van der Waals surface area (Å²) in [6.07, 6.45) is 4.08. The SMILES string of the molecule is COC(=O)[C@@](C)(O)C1CCCC1. The van der Waals surface area contributed by atoms with Crippen LogP contribution in [0.3, 0.4) is 0 Å². The van der Waals surface area contributed by atoms with E-state index in [0.717, 1.165) is 25.7 Å². The molecular weight excluding hydrogens is 156 g/mol. The summed E-state index contributed by atoms with van der Waals surface area (Å²) in [5, 5.41) is 9.81. The molecule has 3 heteroatoms. The zero-order valence-electron chi connectivity index (χ0n) is 7.67. The Hall–Kier alpha value is -0.570. The highest BCUT2D eigenvalue weighted by molar-refractivity contribution is 5.79. The Kier molecular flexibility index (Phi) is 2.73. The second-order valence-corrected chi connectivity index (χ2v) is 3.62. The van der Waals surface area contributed by atoms with Crippen LogP contribution in [-0.2, 0) is 9.53 Å². The van der Waals surface area contributed by atoms with Gasteiger partial charge in [0.15, 0.2) is 5.60 Å². The van der Waals surface area contributed by atoms with E-state index in [1.165, 1.54) is 7.11 Å². The predicted octanol–water partition coefficient (Wildman–Crippen LogP) is 1.10. The average molecular weight is 172 g/mol. The van der Waals surface area contributed by atoms with E-state index < -0.39 is 11.6 Å². The lowest BCUT2D eigenvalue weighted by molar-refractivity contribution is -0.166. The van der Waals surface area contributed by atoms with Gasteiger partial charge in [-0.3, -0.25) is 0 Å². The van der Waals surface area contributed by atoms with Gasteiger partial charge in [0.05, 0.1) is 7.11 Å². The summed E-state index contributed by atoms with van der Waals surface area (Å²) >= 11 is 0. The molecule has 0 aromatic heterocycles. The van der Waals surface area contributed by atoms with E-state index in [0.29, 0.717) is 0 Å². The van der Waals surface area contributed by atoms with E-state index in [-0.39, 0.29) is 5.92 Å². The molecule has 1 N–H and O–H groups in total. The summed E-state index contributed by atoms with van der Waals surface area (Å²) in [7, 11) is 1.31. The Morgan fingerprint density at radius 2 is 2.00 bits per heavy atom. The van der Waals surface area contributed by atoms with Gasteiger partial charge in [0.1, 0.15) is 0 Å². The standard InChI is InChI=1S/C9H16O3/c1-9(11,8(10)12-2)7-5-3-4-6-7/h7,11H,3-6H2,1-2H3/t9-/m0/s1. The third-order valence-corrected chi connectivity index (χ3v) is 2.75. The second-order valence-electron chi connectivity index (χ2n) is 3.62. The normalized spacial score (nSPS) is 23.6. The lowest BCUT2D eigenvalue weighted by Crippen LogP contribution is -2.42. The molecule has 1 saturated carbocycles. The van der Waals surface area contributed by atoms with Crippen LogP contribution in [0.1, 0.15) is 32.6 Å². The average Bonchev–Trinajstić information content (AvgIpc) is 2.55. The molecule has 0 aromatic rings. The van der Waals surface area contributed by atoms with E-state index in [4.69, 9.17) is 0 Å². The summed E-state index contributed by atoms with van der Waals surface area (Å²) in [4.78, 5) is 11.1. The van der Waals surface area contributed by atoms with Crippen molar-refractivity contribution in [3.63, 3.8) is 0 Å². The molecule has 0 saturated heterocycles. The summed E-state index contributed by atoms with van der Waals surface area (Å²) in [5.41, 5.74) is -1.27. The van der Waals surface area contributed by atoms with Crippen LogP contribution in [0.4, 0.5) is 0 Å². The van der Waals surface area contributed by atoms with Crippen molar-refractivity contribution < 1.29 is 14.6 Å². The van der Waals surface area contributed by atoms with Gasteiger partial charge in [-0.15, -0.1) is 0 Å². The van der Waals surface area contributed by atoms with Gasteiger partial charge in [0.25, 0.3) is 0 Å². The lowest BCUT2D eigenvalue weighted by Gasteiger charge is -2.26. The fourth-order valence-corrected chi connectivity index (χ4v) is 1.86. The Morgan fingerprint density at radius 1 is 1.50 bits per heavy atom. The number of hydrogen-bond acceptors (Lipinski definition) is 3. The van der Waals surface area contributed by atoms with Gasteiger partial charge in [-0.05, 0) is 25.7 Å². The van der Waals surface area contributed by atoms with Crippen LogP contribution in [0, 0.1) is 5.92 Å². The number of aliphatic hydroxyl groups is 1. The van der Waals surface area contributed by atoms with Crippen molar-refractivity contribution >= 4 is 5.97 Å². The number of methoxy groups -OCH3 is 1. The number of esters is 1. The minimum absolute atomic E-state index is 0.0879. The van der Waals surface area contributed by atoms with Crippen LogP contribution in [0.25, 0.3) is 0 Å². The second kappa shape index (κ2) is 3.44. The van der Waals surface area contributed by atoms with Gasteiger partial charge in [-0.25, -0.2) is 4.79 Å². The van der Waals surface area contributed by atoms with Gasteiger partial charge < -0.3 is 9.84 Å². The highest BCUT2D eigenvalue weighted by Crippen LogP contribution is 2.34. The summed E-state index contributed by atoms with van der Waals surface area (Å²) in [6.45, 7) is 1.55. The highest BCUT2D eigenvalue weighted by Gasteiger charge is 2.41. The third-order valence-electron chi connectivity index (χ3n) is 2.75. The van der Waals surface area contributed by atoms with Crippen molar-refractivity contribution in [3.05, 3.63) is 0 Å². The number of hydrogen-bond donors (Lipinski definition) is 1. The van der Waals surface area contributed by atoms with Crippen molar-refractivity contribution in [2.45, 2.75) is 38.2 Å². The monoisotopic (exact) mass is 172 g/mol. The van der Waals surface area contributed by atoms with Crippen LogP contribution < -0.4 is 0 Å². The first kappa shape index (κ1) is 9.52. The molecule has 12 heavy (non-hydrogen) atoms. The first-order chi connectivity index (χ1) is 5.59. The molecule has 0 radical (unpaired) electrons. The van der Waals surface area contributed by atoms with E-state index in [2.05, 4.69) is 4.74 Å². The van der Waals surface area contributed by atoms with Crippen molar-refractivity contribution in [2.24, 2.45) is 5.92 Å². The molecule has 0 amide bonds. The Balaban J connectivity index is 2.62. The fourth-order valence-electron chi connectivity index (χ4n) is 1.86. The van der Waals surface area contributed by atoms with Gasteiger partial charge in [-0.2, -0.15) is 0 Å². The van der Waals surface area contributed by atoms with Gasteiger partial charge >= 0.3 is 5.97 Å². The van der Waals surface area contributed by atoms with Gasteiger partial charge in [0.2, 0.25) is 0 Å². The first-order valence-electron chi connectivity index (χ1n) is 4.40. The van der Waals surface area contributed by atoms with E-state index in [1.54, 1.807) is 6.92 Å². The molecule has 0 aliphatic heterocycles. The molecule has 0 spiro atoms. The Morgan fingerprint density at radius 3 is 2.42 bits per heavy atom. The van der Waals surface area contributed by atoms with E-state index in [1.807, 2.05) is 0 Å². The molecule has 0 unspecified atom stereocenters. The Bertz CT molecular complexity index is 169. The predicted molar refractivity (Wildman–Crippen MR) is 44.6 cm³/mol. The Labute approximate surface area is 72.7 Å². The zero-order chi connectivity index (χ0) is 9.19. The largest absolute Gasteiger partial charge is 0.467 e. The van der Waals surface area contributed by atoms with E-state index >= 15 is 0 Å². The number of ether oxygens (including phenoxy) is 1. The molecule has 1 fully saturated rings. The molecule has 1 rings (SSSR count).